The monoisotopic (exact) mass is 365 g/mol. The van der Waals surface area contributed by atoms with Crippen LogP contribution in [0.5, 0.6) is 0 Å². The fourth-order valence-electron chi connectivity index (χ4n) is 3.07. The van der Waals surface area contributed by atoms with Gasteiger partial charge in [-0.2, -0.15) is 5.26 Å². The third-order valence-corrected chi connectivity index (χ3v) is 4.68. The van der Waals surface area contributed by atoms with Gasteiger partial charge in [0, 0.05) is 30.0 Å². The third-order valence-electron chi connectivity index (χ3n) is 4.42. The van der Waals surface area contributed by atoms with Crippen LogP contribution in [0.3, 0.4) is 0 Å². The number of nitrogens with one attached hydrogen (secondary N) is 1. The minimum atomic E-state index is -0.251. The van der Waals surface area contributed by atoms with Gasteiger partial charge in [0.25, 0.3) is 5.91 Å². The van der Waals surface area contributed by atoms with Gasteiger partial charge in [0.2, 0.25) is 0 Å². The van der Waals surface area contributed by atoms with Gasteiger partial charge in [0.05, 0.1) is 0 Å². The van der Waals surface area contributed by atoms with E-state index < -0.39 is 0 Å². The summed E-state index contributed by atoms with van der Waals surface area (Å²) in [6, 6.07) is 17.5. The van der Waals surface area contributed by atoms with E-state index in [2.05, 4.69) is 5.32 Å². The predicted molar refractivity (Wildman–Crippen MR) is 104 cm³/mol. The highest BCUT2D eigenvalue weighted by Crippen LogP contribution is 2.27. The lowest BCUT2D eigenvalue weighted by molar-refractivity contribution is -0.114. The Morgan fingerprint density at radius 3 is 2.77 bits per heavy atom. The topological polar surface area (TPSA) is 56.1 Å². The number of hydrogen-bond acceptors (Lipinski definition) is 3. The smallest absolute Gasteiger partial charge is 0.270 e. The van der Waals surface area contributed by atoms with Crippen molar-refractivity contribution in [2.45, 2.75) is 19.3 Å². The number of aryl methyl sites for hydroxylation is 1. The SMILES string of the molecule is N#C/C(=C/NCCc1ccc(Cl)cc1)C(=O)N1CCCc2ccccc21. The number of carbonyl (C=O) groups is 1. The van der Waals surface area contributed by atoms with E-state index in [0.29, 0.717) is 18.1 Å². The van der Waals surface area contributed by atoms with E-state index in [0.717, 1.165) is 36.1 Å². The highest BCUT2D eigenvalue weighted by Gasteiger charge is 2.24. The quantitative estimate of drug-likeness (QED) is 0.497. The van der Waals surface area contributed by atoms with E-state index in [9.17, 15) is 10.1 Å². The second kappa shape index (κ2) is 8.55. The molecule has 0 radical (unpaired) electrons. The number of anilines is 1. The number of para-hydroxylation sites is 1. The van der Waals surface area contributed by atoms with Crippen molar-refractivity contribution in [1.29, 1.82) is 5.26 Å². The number of nitrogens with zero attached hydrogens (tertiary/aromatic N) is 2. The first-order valence-electron chi connectivity index (χ1n) is 8.67. The molecule has 5 heteroatoms. The Morgan fingerprint density at radius 1 is 1.23 bits per heavy atom. The molecule has 1 amide bonds. The fourth-order valence-corrected chi connectivity index (χ4v) is 3.20. The van der Waals surface area contributed by atoms with Crippen LogP contribution in [0.15, 0.2) is 60.3 Å². The van der Waals surface area contributed by atoms with Gasteiger partial charge < -0.3 is 10.2 Å². The summed E-state index contributed by atoms with van der Waals surface area (Å²) in [6.07, 6.45) is 4.18. The number of nitriles is 1. The summed E-state index contributed by atoms with van der Waals surface area (Å²) in [5, 5.41) is 13.2. The van der Waals surface area contributed by atoms with Crippen molar-refractivity contribution in [2.75, 3.05) is 18.0 Å². The first-order chi connectivity index (χ1) is 12.7. The molecule has 1 N–H and O–H groups in total. The van der Waals surface area contributed by atoms with E-state index in [1.807, 2.05) is 54.6 Å². The second-order valence-electron chi connectivity index (χ2n) is 6.19. The van der Waals surface area contributed by atoms with E-state index >= 15 is 0 Å². The first kappa shape index (κ1) is 18.0. The standard InChI is InChI=1S/C21H20ClN3O/c22-19-9-7-16(8-10-19)11-12-24-15-18(14-23)21(26)25-13-3-5-17-4-1-2-6-20(17)25/h1-2,4,6-10,15,24H,3,5,11-13H2/b18-15-. The van der Waals surface area contributed by atoms with Crippen LogP contribution in [0.2, 0.25) is 5.02 Å². The van der Waals surface area contributed by atoms with Gasteiger partial charge in [-0.15, -0.1) is 0 Å². The molecule has 3 rings (SSSR count). The molecular formula is C21H20ClN3O. The van der Waals surface area contributed by atoms with Gasteiger partial charge in [-0.05, 0) is 48.6 Å². The fraction of sp³-hybridized carbons (Fsp3) is 0.238. The molecule has 0 fully saturated rings. The summed E-state index contributed by atoms with van der Waals surface area (Å²) < 4.78 is 0. The van der Waals surface area contributed by atoms with Crippen LogP contribution in [0.25, 0.3) is 0 Å². The van der Waals surface area contributed by atoms with Crippen LogP contribution in [0, 0.1) is 11.3 Å². The maximum absolute atomic E-state index is 12.8. The number of fused-ring (bicyclic) bond motifs is 1. The Bertz CT molecular complexity index is 852. The molecule has 0 aliphatic carbocycles. The van der Waals surface area contributed by atoms with Crippen LogP contribution in [-0.2, 0) is 17.6 Å². The summed E-state index contributed by atoms with van der Waals surface area (Å²) in [4.78, 5) is 14.5. The van der Waals surface area contributed by atoms with E-state index in [4.69, 9.17) is 11.6 Å². The Kier molecular flexibility index (Phi) is 5.93. The molecule has 0 aromatic heterocycles. The summed E-state index contributed by atoms with van der Waals surface area (Å²) in [5.41, 5.74) is 3.33. The van der Waals surface area contributed by atoms with Crippen LogP contribution in [-0.4, -0.2) is 19.0 Å². The van der Waals surface area contributed by atoms with E-state index in [-0.39, 0.29) is 11.5 Å². The number of halogens is 1. The lowest BCUT2D eigenvalue weighted by Gasteiger charge is -2.29. The molecule has 0 saturated carbocycles. The molecule has 0 atom stereocenters. The number of hydrogen-bond donors (Lipinski definition) is 1. The Hall–Kier alpha value is -2.77. The van der Waals surface area contributed by atoms with Gasteiger partial charge in [0.1, 0.15) is 11.6 Å². The maximum Gasteiger partial charge on any atom is 0.270 e. The maximum atomic E-state index is 12.8. The van der Waals surface area contributed by atoms with Crippen molar-refractivity contribution in [3.63, 3.8) is 0 Å². The zero-order valence-electron chi connectivity index (χ0n) is 14.4. The second-order valence-corrected chi connectivity index (χ2v) is 6.63. The average molecular weight is 366 g/mol. The first-order valence-corrected chi connectivity index (χ1v) is 9.04. The Labute approximate surface area is 158 Å². The predicted octanol–water partition coefficient (Wildman–Crippen LogP) is 3.86. The lowest BCUT2D eigenvalue weighted by Crippen LogP contribution is -2.36. The normalized spacial score (nSPS) is 13.7. The molecule has 0 bridgehead atoms. The number of carbonyl (C=O) groups excluding carboxylic acids is 1. The number of amides is 1. The highest BCUT2D eigenvalue weighted by molar-refractivity contribution is 6.30. The molecule has 2 aromatic carbocycles. The van der Waals surface area contributed by atoms with E-state index in [1.165, 1.54) is 6.20 Å². The summed E-state index contributed by atoms with van der Waals surface area (Å²) in [6.45, 7) is 1.27. The van der Waals surface area contributed by atoms with Crippen LogP contribution in [0.1, 0.15) is 17.5 Å². The zero-order valence-corrected chi connectivity index (χ0v) is 15.2. The lowest BCUT2D eigenvalue weighted by atomic mass is 10.0. The summed E-state index contributed by atoms with van der Waals surface area (Å²) >= 11 is 5.87. The van der Waals surface area contributed by atoms with E-state index in [1.54, 1.807) is 4.90 Å². The Balaban J connectivity index is 1.63. The Morgan fingerprint density at radius 2 is 2.00 bits per heavy atom. The van der Waals surface area contributed by atoms with Crippen LogP contribution in [0.4, 0.5) is 5.69 Å². The van der Waals surface area contributed by atoms with Crippen molar-refractivity contribution in [2.24, 2.45) is 0 Å². The molecule has 1 aliphatic rings. The molecular weight excluding hydrogens is 346 g/mol. The van der Waals surface area contributed by atoms with Crippen LogP contribution < -0.4 is 10.2 Å². The van der Waals surface area contributed by atoms with Gasteiger partial charge in [-0.3, -0.25) is 4.79 Å². The largest absolute Gasteiger partial charge is 0.389 e. The van der Waals surface area contributed by atoms with Gasteiger partial charge >= 0.3 is 0 Å². The molecule has 0 spiro atoms. The minimum Gasteiger partial charge on any atom is -0.389 e. The van der Waals surface area contributed by atoms with Crippen LogP contribution >= 0.6 is 11.6 Å². The van der Waals surface area contributed by atoms with Gasteiger partial charge in [0.15, 0.2) is 0 Å². The number of rotatable bonds is 5. The van der Waals surface area contributed by atoms with Crippen molar-refractivity contribution in [1.82, 2.24) is 5.32 Å². The highest BCUT2D eigenvalue weighted by atomic mass is 35.5. The van der Waals surface area contributed by atoms with Crippen molar-refractivity contribution in [3.8, 4) is 6.07 Å². The van der Waals surface area contributed by atoms with Crippen molar-refractivity contribution >= 4 is 23.2 Å². The minimum absolute atomic E-state index is 0.123. The van der Waals surface area contributed by atoms with Gasteiger partial charge in [-0.1, -0.05) is 41.9 Å². The van der Waals surface area contributed by atoms with Crippen molar-refractivity contribution in [3.05, 3.63) is 76.5 Å². The molecule has 0 saturated heterocycles. The molecule has 4 nitrogen and oxygen atoms in total. The molecule has 26 heavy (non-hydrogen) atoms. The third kappa shape index (κ3) is 4.25. The van der Waals surface area contributed by atoms with Crippen molar-refractivity contribution < 1.29 is 4.79 Å². The zero-order chi connectivity index (χ0) is 18.4. The molecule has 1 heterocycles. The molecule has 132 valence electrons. The number of benzene rings is 2. The summed E-state index contributed by atoms with van der Waals surface area (Å²) in [7, 11) is 0. The van der Waals surface area contributed by atoms with Gasteiger partial charge in [-0.25, -0.2) is 0 Å². The average Bonchev–Trinajstić information content (AvgIpc) is 2.68. The molecule has 0 unspecified atom stereocenters. The molecule has 1 aliphatic heterocycles. The molecule has 2 aromatic rings. The summed E-state index contributed by atoms with van der Waals surface area (Å²) in [5.74, 6) is -0.251.